The standard InChI is InChI=1S/C19H28N4O2/c1-3-4-5-17(24)21-10-14-15-11-23(18-20-9-7-13(2)22-18)12-19(15)8-6-16(14)25-19/h7,9,14-16H,3-6,8,10-12H2,1-2H3,(H,21,24)/t14-,15+,16+,19+/m0/s1. The van der Waals surface area contributed by atoms with Crippen LogP contribution in [0.3, 0.4) is 0 Å². The lowest BCUT2D eigenvalue weighted by molar-refractivity contribution is -0.121. The van der Waals surface area contributed by atoms with Crippen molar-refractivity contribution in [2.24, 2.45) is 11.8 Å². The number of nitrogens with zero attached hydrogens (tertiary/aromatic N) is 3. The Morgan fingerprint density at radius 1 is 1.52 bits per heavy atom. The van der Waals surface area contributed by atoms with Gasteiger partial charge in [0.1, 0.15) is 0 Å². The molecule has 3 fully saturated rings. The van der Waals surface area contributed by atoms with E-state index in [-0.39, 0.29) is 11.5 Å². The van der Waals surface area contributed by atoms with Crippen LogP contribution in [-0.2, 0) is 9.53 Å². The Labute approximate surface area is 149 Å². The van der Waals surface area contributed by atoms with E-state index in [1.807, 2.05) is 19.2 Å². The molecule has 0 saturated carbocycles. The van der Waals surface area contributed by atoms with Gasteiger partial charge in [0, 0.05) is 43.2 Å². The number of carbonyl (C=O) groups is 1. The van der Waals surface area contributed by atoms with E-state index in [1.165, 1.54) is 0 Å². The molecule has 0 aromatic carbocycles. The van der Waals surface area contributed by atoms with E-state index in [2.05, 4.69) is 27.1 Å². The Kier molecular flexibility index (Phi) is 4.40. The van der Waals surface area contributed by atoms with Crippen LogP contribution in [0.15, 0.2) is 12.3 Å². The van der Waals surface area contributed by atoms with Gasteiger partial charge < -0.3 is 15.0 Å². The summed E-state index contributed by atoms with van der Waals surface area (Å²) < 4.78 is 6.44. The number of amides is 1. The zero-order valence-corrected chi connectivity index (χ0v) is 15.2. The number of hydrogen-bond acceptors (Lipinski definition) is 5. The largest absolute Gasteiger partial charge is 0.369 e. The lowest BCUT2D eigenvalue weighted by Crippen LogP contribution is -2.41. The molecule has 3 saturated heterocycles. The molecule has 3 aliphatic rings. The summed E-state index contributed by atoms with van der Waals surface area (Å²) >= 11 is 0. The van der Waals surface area contributed by atoms with Gasteiger partial charge in [0.15, 0.2) is 0 Å². The fourth-order valence-corrected chi connectivity index (χ4v) is 4.86. The second-order valence-corrected chi connectivity index (χ2v) is 7.82. The van der Waals surface area contributed by atoms with Crippen LogP contribution < -0.4 is 10.2 Å². The fraction of sp³-hybridized carbons (Fsp3) is 0.737. The number of aromatic nitrogens is 2. The first-order chi connectivity index (χ1) is 12.1. The van der Waals surface area contributed by atoms with Gasteiger partial charge in [-0.05, 0) is 32.3 Å². The Morgan fingerprint density at radius 3 is 3.20 bits per heavy atom. The van der Waals surface area contributed by atoms with Crippen molar-refractivity contribution in [3.63, 3.8) is 0 Å². The highest BCUT2D eigenvalue weighted by Gasteiger charge is 2.63. The molecule has 6 heteroatoms. The van der Waals surface area contributed by atoms with Crippen LogP contribution >= 0.6 is 0 Å². The Hall–Kier alpha value is -1.69. The molecule has 1 spiro atoms. The number of anilines is 1. The third kappa shape index (κ3) is 3.01. The minimum Gasteiger partial charge on any atom is -0.369 e. The van der Waals surface area contributed by atoms with Gasteiger partial charge in [0.25, 0.3) is 0 Å². The predicted octanol–water partition coefficient (Wildman–Crippen LogP) is 2.08. The summed E-state index contributed by atoms with van der Waals surface area (Å²) in [7, 11) is 0. The van der Waals surface area contributed by atoms with Crippen molar-refractivity contribution in [1.29, 1.82) is 0 Å². The van der Waals surface area contributed by atoms with E-state index in [4.69, 9.17) is 4.74 Å². The van der Waals surface area contributed by atoms with Crippen molar-refractivity contribution in [1.82, 2.24) is 15.3 Å². The Morgan fingerprint density at radius 2 is 2.40 bits per heavy atom. The molecule has 3 aliphatic heterocycles. The maximum absolute atomic E-state index is 12.0. The van der Waals surface area contributed by atoms with Crippen molar-refractivity contribution < 1.29 is 9.53 Å². The molecule has 2 bridgehead atoms. The van der Waals surface area contributed by atoms with E-state index >= 15 is 0 Å². The van der Waals surface area contributed by atoms with Crippen LogP contribution in [0, 0.1) is 18.8 Å². The van der Waals surface area contributed by atoms with E-state index < -0.39 is 0 Å². The van der Waals surface area contributed by atoms with Gasteiger partial charge in [-0.3, -0.25) is 4.79 Å². The summed E-state index contributed by atoms with van der Waals surface area (Å²) in [5, 5.41) is 3.15. The van der Waals surface area contributed by atoms with E-state index in [9.17, 15) is 4.79 Å². The second-order valence-electron chi connectivity index (χ2n) is 7.82. The van der Waals surface area contributed by atoms with Gasteiger partial charge in [-0.25, -0.2) is 9.97 Å². The molecule has 25 heavy (non-hydrogen) atoms. The molecule has 0 radical (unpaired) electrons. The molecule has 1 aromatic heterocycles. The van der Waals surface area contributed by atoms with E-state index in [0.29, 0.717) is 24.4 Å². The summed E-state index contributed by atoms with van der Waals surface area (Å²) in [6.45, 7) is 6.65. The van der Waals surface area contributed by atoms with Crippen LogP contribution in [0.2, 0.25) is 0 Å². The van der Waals surface area contributed by atoms with Gasteiger partial charge >= 0.3 is 0 Å². The summed E-state index contributed by atoms with van der Waals surface area (Å²) in [6.07, 6.45) is 7.00. The van der Waals surface area contributed by atoms with Gasteiger partial charge in [-0.1, -0.05) is 13.3 Å². The maximum Gasteiger partial charge on any atom is 0.225 e. The van der Waals surface area contributed by atoms with E-state index in [1.54, 1.807) is 0 Å². The molecule has 0 unspecified atom stereocenters. The van der Waals surface area contributed by atoms with Gasteiger partial charge in [0.2, 0.25) is 11.9 Å². The number of hydrogen-bond donors (Lipinski definition) is 1. The highest BCUT2D eigenvalue weighted by molar-refractivity contribution is 5.75. The molecule has 1 aromatic rings. The predicted molar refractivity (Wildman–Crippen MR) is 95.3 cm³/mol. The molecule has 0 aliphatic carbocycles. The Balaban J connectivity index is 1.43. The third-order valence-corrected chi connectivity index (χ3v) is 6.14. The van der Waals surface area contributed by atoms with Crippen LogP contribution in [-0.4, -0.2) is 47.2 Å². The topological polar surface area (TPSA) is 67.4 Å². The number of fused-ring (bicyclic) bond motifs is 1. The minimum absolute atomic E-state index is 0.0589. The first-order valence-electron chi connectivity index (χ1n) is 9.60. The minimum atomic E-state index is -0.0589. The van der Waals surface area contributed by atoms with Crippen molar-refractivity contribution in [2.45, 2.75) is 57.7 Å². The average Bonchev–Trinajstić information content (AvgIpc) is 3.26. The number of rotatable bonds is 6. The first-order valence-corrected chi connectivity index (χ1v) is 9.60. The highest BCUT2D eigenvalue weighted by Crippen LogP contribution is 2.54. The van der Waals surface area contributed by atoms with Crippen molar-refractivity contribution in [2.75, 3.05) is 24.5 Å². The molecule has 4 rings (SSSR count). The highest BCUT2D eigenvalue weighted by atomic mass is 16.5. The zero-order valence-electron chi connectivity index (χ0n) is 15.2. The quantitative estimate of drug-likeness (QED) is 0.856. The molecule has 1 amide bonds. The first kappa shape index (κ1) is 16.8. The maximum atomic E-state index is 12.0. The SMILES string of the molecule is CCCCC(=O)NC[C@H]1[C@H]2CN(c3nccc(C)n3)C[C@]23CC[C@H]1O3. The van der Waals surface area contributed by atoms with Crippen molar-refractivity contribution in [3.05, 3.63) is 18.0 Å². The summed E-state index contributed by atoms with van der Waals surface area (Å²) in [5.74, 6) is 1.85. The van der Waals surface area contributed by atoms with Crippen LogP contribution in [0.25, 0.3) is 0 Å². The molecule has 6 nitrogen and oxygen atoms in total. The lowest BCUT2D eigenvalue weighted by Gasteiger charge is -2.29. The summed E-state index contributed by atoms with van der Waals surface area (Å²) in [4.78, 5) is 23.3. The number of unbranched alkanes of at least 4 members (excludes halogenated alkanes) is 1. The molecule has 1 N–H and O–H groups in total. The molecular formula is C19H28N4O2. The smallest absolute Gasteiger partial charge is 0.225 e. The average molecular weight is 344 g/mol. The van der Waals surface area contributed by atoms with Gasteiger partial charge in [0.05, 0.1) is 18.2 Å². The number of ether oxygens (including phenoxy) is 1. The normalized spacial score (nSPS) is 32.9. The fourth-order valence-electron chi connectivity index (χ4n) is 4.86. The zero-order chi connectivity index (χ0) is 17.4. The summed E-state index contributed by atoms with van der Waals surface area (Å²) in [6, 6.07) is 1.93. The third-order valence-electron chi connectivity index (χ3n) is 6.14. The van der Waals surface area contributed by atoms with Crippen LogP contribution in [0.5, 0.6) is 0 Å². The number of nitrogens with one attached hydrogen (secondary N) is 1. The number of aryl methyl sites for hydroxylation is 1. The van der Waals surface area contributed by atoms with Crippen LogP contribution in [0.4, 0.5) is 5.95 Å². The van der Waals surface area contributed by atoms with Gasteiger partial charge in [-0.2, -0.15) is 0 Å². The molecule has 4 heterocycles. The second kappa shape index (κ2) is 6.56. The Bertz CT molecular complexity index is 652. The monoisotopic (exact) mass is 344 g/mol. The van der Waals surface area contributed by atoms with Crippen molar-refractivity contribution in [3.8, 4) is 0 Å². The number of carbonyl (C=O) groups excluding carboxylic acids is 1. The molecule has 4 atom stereocenters. The lowest BCUT2D eigenvalue weighted by atomic mass is 9.73. The van der Waals surface area contributed by atoms with Crippen LogP contribution in [0.1, 0.15) is 44.7 Å². The van der Waals surface area contributed by atoms with Gasteiger partial charge in [-0.15, -0.1) is 0 Å². The van der Waals surface area contributed by atoms with E-state index in [0.717, 1.165) is 57.0 Å². The molecular weight excluding hydrogens is 316 g/mol. The molecule has 136 valence electrons. The van der Waals surface area contributed by atoms with Crippen molar-refractivity contribution >= 4 is 11.9 Å². The summed E-state index contributed by atoms with van der Waals surface area (Å²) in [5.41, 5.74) is 0.931.